The van der Waals surface area contributed by atoms with Crippen LogP contribution in [-0.4, -0.2) is 4.98 Å². The molecule has 0 aromatic carbocycles. The molecule has 0 aliphatic heterocycles. The van der Waals surface area contributed by atoms with Gasteiger partial charge in [-0.2, -0.15) is 0 Å². The summed E-state index contributed by atoms with van der Waals surface area (Å²) in [4.78, 5) is 4.35. The van der Waals surface area contributed by atoms with Gasteiger partial charge in [-0.05, 0) is 12.8 Å². The number of rotatable bonds is 3. The fourth-order valence-electron chi connectivity index (χ4n) is 1.12. The third-order valence-corrected chi connectivity index (χ3v) is 3.20. The molecule has 0 radical (unpaired) electrons. The molecule has 0 aliphatic rings. The summed E-state index contributed by atoms with van der Waals surface area (Å²) >= 11 is 1.69. The Bertz CT molecular complexity index is 199. The molecule has 1 rings (SSSR count). The summed E-state index contributed by atoms with van der Waals surface area (Å²) < 4.78 is 0. The summed E-state index contributed by atoms with van der Waals surface area (Å²) in [5.41, 5.74) is 3.48. The molecule has 1 aromatic heterocycles. The highest BCUT2D eigenvalue weighted by molar-refractivity contribution is 7.07. The minimum atomic E-state index is 0.306. The van der Waals surface area contributed by atoms with E-state index < -0.39 is 0 Å². The molecule has 0 unspecified atom stereocenters. The molecule has 0 saturated heterocycles. The normalized spacial score (nSPS) is 11.9. The van der Waals surface area contributed by atoms with E-state index in [9.17, 15) is 0 Å². The van der Waals surface area contributed by atoms with E-state index in [1.165, 1.54) is 18.5 Å². The maximum atomic E-state index is 4.35. The maximum absolute atomic E-state index is 4.35. The predicted molar refractivity (Wildman–Crippen MR) is 50.0 cm³/mol. The third-order valence-electron chi connectivity index (χ3n) is 2.61. The van der Waals surface area contributed by atoms with Crippen molar-refractivity contribution in [3.05, 3.63) is 16.6 Å². The van der Waals surface area contributed by atoms with Crippen LogP contribution in [0.1, 0.15) is 39.3 Å². The average molecular weight is 169 g/mol. The van der Waals surface area contributed by atoms with Gasteiger partial charge >= 0.3 is 0 Å². The summed E-state index contributed by atoms with van der Waals surface area (Å²) in [7, 11) is 0. The second-order valence-electron chi connectivity index (χ2n) is 3.14. The van der Waals surface area contributed by atoms with Gasteiger partial charge in [0.1, 0.15) is 0 Å². The van der Waals surface area contributed by atoms with E-state index in [-0.39, 0.29) is 0 Å². The maximum Gasteiger partial charge on any atom is 0.0794 e. The Labute approximate surface area is 72.5 Å². The zero-order chi connectivity index (χ0) is 8.32. The van der Waals surface area contributed by atoms with Crippen LogP contribution >= 0.6 is 11.3 Å². The van der Waals surface area contributed by atoms with E-state index in [1.807, 2.05) is 5.51 Å². The molecule has 11 heavy (non-hydrogen) atoms. The van der Waals surface area contributed by atoms with Crippen molar-refractivity contribution in [1.29, 1.82) is 0 Å². The number of hydrogen-bond donors (Lipinski definition) is 0. The van der Waals surface area contributed by atoms with Gasteiger partial charge in [-0.1, -0.05) is 20.8 Å². The highest BCUT2D eigenvalue weighted by Crippen LogP contribution is 2.30. The summed E-state index contributed by atoms with van der Waals surface area (Å²) in [5.74, 6) is 0. The van der Waals surface area contributed by atoms with Crippen molar-refractivity contribution in [2.75, 3.05) is 0 Å². The number of thiazole rings is 1. The van der Waals surface area contributed by atoms with Gasteiger partial charge in [0, 0.05) is 10.8 Å². The van der Waals surface area contributed by atoms with Crippen molar-refractivity contribution >= 4 is 11.3 Å². The lowest BCUT2D eigenvalue weighted by Gasteiger charge is -2.23. The molecular weight excluding hydrogens is 154 g/mol. The van der Waals surface area contributed by atoms with Gasteiger partial charge in [0.2, 0.25) is 0 Å². The van der Waals surface area contributed by atoms with E-state index in [0.29, 0.717) is 5.41 Å². The van der Waals surface area contributed by atoms with Crippen molar-refractivity contribution in [3.63, 3.8) is 0 Å². The highest BCUT2D eigenvalue weighted by atomic mass is 32.1. The molecule has 62 valence electrons. The molecule has 0 spiro atoms. The number of aromatic nitrogens is 1. The number of nitrogens with zero attached hydrogens (tertiary/aromatic N) is 1. The monoisotopic (exact) mass is 169 g/mol. The van der Waals surface area contributed by atoms with Crippen LogP contribution in [0.3, 0.4) is 0 Å². The minimum Gasteiger partial charge on any atom is -0.249 e. The highest BCUT2D eigenvalue weighted by Gasteiger charge is 2.23. The summed E-state index contributed by atoms with van der Waals surface area (Å²) in [6.45, 7) is 6.73. The molecule has 0 atom stereocenters. The Morgan fingerprint density at radius 3 is 2.45 bits per heavy atom. The molecule has 0 bridgehead atoms. The van der Waals surface area contributed by atoms with Gasteiger partial charge < -0.3 is 0 Å². The second kappa shape index (κ2) is 3.35. The molecule has 1 heterocycles. The van der Waals surface area contributed by atoms with Crippen molar-refractivity contribution in [2.45, 2.75) is 39.0 Å². The molecule has 0 amide bonds. The average Bonchev–Trinajstić information content (AvgIpc) is 2.55. The molecule has 0 N–H and O–H groups in total. The largest absolute Gasteiger partial charge is 0.249 e. The van der Waals surface area contributed by atoms with Crippen LogP contribution in [-0.2, 0) is 5.41 Å². The lowest BCUT2D eigenvalue weighted by Crippen LogP contribution is -2.19. The van der Waals surface area contributed by atoms with Crippen LogP contribution in [0.25, 0.3) is 0 Å². The predicted octanol–water partition coefficient (Wildman–Crippen LogP) is 3.22. The van der Waals surface area contributed by atoms with Crippen LogP contribution < -0.4 is 0 Å². The van der Waals surface area contributed by atoms with Crippen molar-refractivity contribution in [3.8, 4) is 0 Å². The van der Waals surface area contributed by atoms with E-state index in [0.717, 1.165) is 0 Å². The summed E-state index contributed by atoms with van der Waals surface area (Å²) in [6.07, 6.45) is 2.35. The quantitative estimate of drug-likeness (QED) is 0.677. The van der Waals surface area contributed by atoms with E-state index in [1.54, 1.807) is 11.3 Å². The van der Waals surface area contributed by atoms with Gasteiger partial charge in [-0.15, -0.1) is 11.3 Å². The van der Waals surface area contributed by atoms with Crippen LogP contribution in [0.15, 0.2) is 10.9 Å². The SMILES string of the molecule is CCC(C)(CC)c1cscn1. The molecule has 0 saturated carbocycles. The van der Waals surface area contributed by atoms with Crippen molar-refractivity contribution in [2.24, 2.45) is 0 Å². The topological polar surface area (TPSA) is 12.9 Å². The first-order valence-electron chi connectivity index (χ1n) is 4.11. The molecule has 2 heteroatoms. The lowest BCUT2D eigenvalue weighted by atomic mass is 9.82. The van der Waals surface area contributed by atoms with Crippen molar-refractivity contribution < 1.29 is 0 Å². The van der Waals surface area contributed by atoms with E-state index in [2.05, 4.69) is 31.1 Å². The Kier molecular flexibility index (Phi) is 2.66. The first-order chi connectivity index (χ1) is 5.23. The van der Waals surface area contributed by atoms with Crippen LogP contribution in [0.4, 0.5) is 0 Å². The Morgan fingerprint density at radius 1 is 1.45 bits per heavy atom. The summed E-state index contributed by atoms with van der Waals surface area (Å²) in [5, 5.41) is 2.16. The van der Waals surface area contributed by atoms with E-state index in [4.69, 9.17) is 0 Å². The Hall–Kier alpha value is -0.370. The first-order valence-corrected chi connectivity index (χ1v) is 5.06. The van der Waals surface area contributed by atoms with Gasteiger partial charge in [0.25, 0.3) is 0 Å². The first kappa shape index (κ1) is 8.72. The van der Waals surface area contributed by atoms with Gasteiger partial charge in [-0.25, -0.2) is 4.98 Å². The second-order valence-corrected chi connectivity index (χ2v) is 3.86. The van der Waals surface area contributed by atoms with Gasteiger partial charge in [-0.3, -0.25) is 0 Å². The molecule has 0 fully saturated rings. The summed E-state index contributed by atoms with van der Waals surface area (Å²) in [6, 6.07) is 0. The standard InChI is InChI=1S/C9H15NS/c1-4-9(3,5-2)8-6-11-7-10-8/h6-7H,4-5H2,1-3H3. The van der Waals surface area contributed by atoms with Gasteiger partial charge in [0.15, 0.2) is 0 Å². The van der Waals surface area contributed by atoms with Crippen LogP contribution in [0, 0.1) is 0 Å². The zero-order valence-corrected chi connectivity index (χ0v) is 8.24. The fraction of sp³-hybridized carbons (Fsp3) is 0.667. The minimum absolute atomic E-state index is 0.306. The Balaban J connectivity index is 2.87. The van der Waals surface area contributed by atoms with Crippen LogP contribution in [0.2, 0.25) is 0 Å². The molecular formula is C9H15NS. The smallest absolute Gasteiger partial charge is 0.0794 e. The zero-order valence-electron chi connectivity index (χ0n) is 7.42. The Morgan fingerprint density at radius 2 is 2.09 bits per heavy atom. The van der Waals surface area contributed by atoms with Crippen LogP contribution in [0.5, 0.6) is 0 Å². The van der Waals surface area contributed by atoms with Gasteiger partial charge in [0.05, 0.1) is 11.2 Å². The number of hydrogen-bond acceptors (Lipinski definition) is 2. The van der Waals surface area contributed by atoms with Crippen molar-refractivity contribution in [1.82, 2.24) is 4.98 Å². The molecule has 0 aliphatic carbocycles. The third kappa shape index (κ3) is 1.62. The molecule has 1 nitrogen and oxygen atoms in total. The fourth-order valence-corrected chi connectivity index (χ4v) is 1.83. The lowest BCUT2D eigenvalue weighted by molar-refractivity contribution is 0.428. The molecule has 1 aromatic rings. The van der Waals surface area contributed by atoms with E-state index >= 15 is 0 Å².